The Bertz CT molecular complexity index is 136. The van der Waals surface area contributed by atoms with Gasteiger partial charge in [-0.15, -0.1) is 0 Å². The third-order valence-electron chi connectivity index (χ3n) is 2.39. The Labute approximate surface area is 80.9 Å². The number of piperidine rings is 1. The quantitative estimate of drug-likeness (QED) is 0.593. The average molecular weight is 186 g/mol. The van der Waals surface area contributed by atoms with Crippen molar-refractivity contribution in [2.24, 2.45) is 5.92 Å². The SMILES string of the molecule is CC(C)(O)CNCC1CCCNC1. The van der Waals surface area contributed by atoms with Gasteiger partial charge in [0.15, 0.2) is 0 Å². The van der Waals surface area contributed by atoms with Crippen LogP contribution >= 0.6 is 0 Å². The molecule has 0 spiro atoms. The van der Waals surface area contributed by atoms with E-state index in [1.807, 2.05) is 13.8 Å². The van der Waals surface area contributed by atoms with Gasteiger partial charge in [0, 0.05) is 6.54 Å². The van der Waals surface area contributed by atoms with Crippen LogP contribution in [0.3, 0.4) is 0 Å². The molecule has 1 aliphatic rings. The van der Waals surface area contributed by atoms with Gasteiger partial charge in [-0.1, -0.05) is 0 Å². The number of hydrogen-bond acceptors (Lipinski definition) is 3. The number of nitrogens with one attached hydrogen (secondary N) is 2. The summed E-state index contributed by atoms with van der Waals surface area (Å²) in [5, 5.41) is 16.2. The highest BCUT2D eigenvalue weighted by Gasteiger charge is 2.15. The van der Waals surface area contributed by atoms with Crippen LogP contribution in [0.25, 0.3) is 0 Å². The Morgan fingerprint density at radius 1 is 1.54 bits per heavy atom. The van der Waals surface area contributed by atoms with Crippen molar-refractivity contribution in [1.82, 2.24) is 10.6 Å². The van der Waals surface area contributed by atoms with Gasteiger partial charge in [-0.2, -0.15) is 0 Å². The van der Waals surface area contributed by atoms with Crippen molar-refractivity contribution in [1.29, 1.82) is 0 Å². The lowest BCUT2D eigenvalue weighted by molar-refractivity contribution is 0.0783. The van der Waals surface area contributed by atoms with Crippen LogP contribution < -0.4 is 10.6 Å². The van der Waals surface area contributed by atoms with E-state index in [0.717, 1.165) is 19.0 Å². The van der Waals surface area contributed by atoms with Crippen LogP contribution in [0.2, 0.25) is 0 Å². The van der Waals surface area contributed by atoms with E-state index in [-0.39, 0.29) is 0 Å². The first kappa shape index (κ1) is 11.0. The zero-order chi connectivity index (χ0) is 9.73. The summed E-state index contributed by atoms with van der Waals surface area (Å²) < 4.78 is 0. The van der Waals surface area contributed by atoms with Gasteiger partial charge in [0.2, 0.25) is 0 Å². The van der Waals surface area contributed by atoms with Gasteiger partial charge in [-0.3, -0.25) is 0 Å². The third kappa shape index (κ3) is 5.24. The number of hydrogen-bond donors (Lipinski definition) is 3. The van der Waals surface area contributed by atoms with Crippen LogP contribution in [-0.4, -0.2) is 36.9 Å². The first-order valence-corrected chi connectivity index (χ1v) is 5.22. The lowest BCUT2D eigenvalue weighted by Gasteiger charge is -2.25. The molecule has 0 bridgehead atoms. The molecular weight excluding hydrogens is 164 g/mol. The largest absolute Gasteiger partial charge is 0.389 e. The van der Waals surface area contributed by atoms with Crippen molar-refractivity contribution in [2.75, 3.05) is 26.2 Å². The molecule has 0 aromatic carbocycles. The molecule has 0 aliphatic carbocycles. The summed E-state index contributed by atoms with van der Waals surface area (Å²) in [6.07, 6.45) is 2.60. The summed E-state index contributed by atoms with van der Waals surface area (Å²) in [5.74, 6) is 0.746. The van der Waals surface area contributed by atoms with Crippen molar-refractivity contribution in [2.45, 2.75) is 32.3 Å². The predicted molar refractivity (Wildman–Crippen MR) is 54.8 cm³/mol. The molecule has 1 saturated heterocycles. The number of rotatable bonds is 4. The van der Waals surface area contributed by atoms with Crippen molar-refractivity contribution >= 4 is 0 Å². The molecule has 0 aromatic heterocycles. The summed E-state index contributed by atoms with van der Waals surface area (Å²) in [6, 6.07) is 0. The summed E-state index contributed by atoms with van der Waals surface area (Å²) >= 11 is 0. The van der Waals surface area contributed by atoms with Crippen molar-refractivity contribution in [3.05, 3.63) is 0 Å². The topological polar surface area (TPSA) is 44.3 Å². The van der Waals surface area contributed by atoms with Crippen molar-refractivity contribution in [3.8, 4) is 0 Å². The molecule has 78 valence electrons. The molecule has 0 aromatic rings. The predicted octanol–water partition coefficient (Wildman–Crippen LogP) is 0.346. The normalized spacial score (nSPS) is 24.7. The van der Waals surface area contributed by atoms with E-state index in [4.69, 9.17) is 0 Å². The van der Waals surface area contributed by atoms with Crippen LogP contribution in [0.15, 0.2) is 0 Å². The molecule has 3 heteroatoms. The van der Waals surface area contributed by atoms with E-state index in [9.17, 15) is 5.11 Å². The molecule has 1 fully saturated rings. The average Bonchev–Trinajstić information content (AvgIpc) is 2.04. The van der Waals surface area contributed by atoms with Gasteiger partial charge in [-0.05, 0) is 52.2 Å². The summed E-state index contributed by atoms with van der Waals surface area (Å²) in [5.41, 5.74) is -0.581. The van der Waals surface area contributed by atoms with E-state index >= 15 is 0 Å². The van der Waals surface area contributed by atoms with Crippen molar-refractivity contribution in [3.63, 3.8) is 0 Å². The first-order valence-electron chi connectivity index (χ1n) is 5.22. The van der Waals surface area contributed by atoms with Crippen LogP contribution in [0, 0.1) is 5.92 Å². The van der Waals surface area contributed by atoms with Gasteiger partial charge < -0.3 is 15.7 Å². The van der Waals surface area contributed by atoms with E-state index < -0.39 is 5.60 Å². The minimum atomic E-state index is -0.581. The third-order valence-corrected chi connectivity index (χ3v) is 2.39. The van der Waals surface area contributed by atoms with E-state index in [1.165, 1.54) is 19.4 Å². The molecule has 1 rings (SSSR count). The van der Waals surface area contributed by atoms with E-state index in [1.54, 1.807) is 0 Å². The monoisotopic (exact) mass is 186 g/mol. The van der Waals surface area contributed by atoms with Crippen LogP contribution in [-0.2, 0) is 0 Å². The molecule has 13 heavy (non-hydrogen) atoms. The maximum Gasteiger partial charge on any atom is 0.0715 e. The summed E-state index contributed by atoms with van der Waals surface area (Å²) in [7, 11) is 0. The molecule has 0 radical (unpaired) electrons. The number of aliphatic hydroxyl groups is 1. The van der Waals surface area contributed by atoms with Gasteiger partial charge in [0.05, 0.1) is 5.60 Å². The molecule has 0 amide bonds. The maximum absolute atomic E-state index is 9.47. The molecule has 1 aliphatic heterocycles. The van der Waals surface area contributed by atoms with Crippen LogP contribution in [0.1, 0.15) is 26.7 Å². The first-order chi connectivity index (χ1) is 6.08. The second-order valence-electron chi connectivity index (χ2n) is 4.66. The smallest absolute Gasteiger partial charge is 0.0715 e. The van der Waals surface area contributed by atoms with E-state index in [0.29, 0.717) is 6.54 Å². The highest BCUT2D eigenvalue weighted by molar-refractivity contribution is 4.74. The fourth-order valence-corrected chi connectivity index (χ4v) is 1.68. The molecular formula is C10H22N2O. The van der Waals surface area contributed by atoms with Crippen LogP contribution in [0.4, 0.5) is 0 Å². The fraction of sp³-hybridized carbons (Fsp3) is 1.00. The lowest BCUT2D eigenvalue weighted by atomic mass is 9.99. The highest BCUT2D eigenvalue weighted by atomic mass is 16.3. The summed E-state index contributed by atoms with van der Waals surface area (Å²) in [6.45, 7) is 7.67. The molecule has 0 saturated carbocycles. The van der Waals surface area contributed by atoms with Gasteiger partial charge in [-0.25, -0.2) is 0 Å². The van der Waals surface area contributed by atoms with E-state index in [2.05, 4.69) is 10.6 Å². The highest BCUT2D eigenvalue weighted by Crippen LogP contribution is 2.08. The fourth-order valence-electron chi connectivity index (χ4n) is 1.68. The van der Waals surface area contributed by atoms with Crippen molar-refractivity contribution < 1.29 is 5.11 Å². The molecule has 3 N–H and O–H groups in total. The molecule has 3 nitrogen and oxygen atoms in total. The zero-order valence-corrected chi connectivity index (χ0v) is 8.77. The molecule has 1 unspecified atom stereocenters. The Hall–Kier alpha value is -0.120. The Kier molecular flexibility index (Phi) is 4.16. The second-order valence-corrected chi connectivity index (χ2v) is 4.66. The van der Waals surface area contributed by atoms with Crippen LogP contribution in [0.5, 0.6) is 0 Å². The van der Waals surface area contributed by atoms with Gasteiger partial charge in [0.1, 0.15) is 0 Å². The summed E-state index contributed by atoms with van der Waals surface area (Å²) in [4.78, 5) is 0. The molecule has 1 heterocycles. The maximum atomic E-state index is 9.47. The van der Waals surface area contributed by atoms with Gasteiger partial charge in [0.25, 0.3) is 0 Å². The Morgan fingerprint density at radius 3 is 2.85 bits per heavy atom. The Morgan fingerprint density at radius 2 is 2.31 bits per heavy atom. The minimum absolute atomic E-state index is 0.581. The van der Waals surface area contributed by atoms with Gasteiger partial charge >= 0.3 is 0 Å². The second kappa shape index (κ2) is 4.94. The standard InChI is InChI=1S/C10H22N2O/c1-10(2,13)8-12-7-9-4-3-5-11-6-9/h9,11-13H,3-8H2,1-2H3. The minimum Gasteiger partial charge on any atom is -0.389 e. The Balaban J connectivity index is 2.04. The zero-order valence-electron chi connectivity index (χ0n) is 8.77. The lowest BCUT2D eigenvalue weighted by Crippen LogP contribution is -2.41. The molecule has 1 atom stereocenters.